The number of carboxylic acid groups (broad SMARTS) is 1. The molecule has 0 unspecified atom stereocenters. The molecule has 0 aliphatic rings. The Hall–Kier alpha value is -3.06. The van der Waals surface area contributed by atoms with Gasteiger partial charge in [-0.1, -0.05) is 28.1 Å². The molecule has 1 N–H and O–H groups in total. The van der Waals surface area contributed by atoms with Crippen LogP contribution in [0.2, 0.25) is 0 Å². The van der Waals surface area contributed by atoms with E-state index < -0.39 is 5.97 Å². The van der Waals surface area contributed by atoms with E-state index in [4.69, 9.17) is 0 Å². The highest BCUT2D eigenvalue weighted by atomic mass is 79.9. The Morgan fingerprint density at radius 1 is 1.08 bits per heavy atom. The number of benzene rings is 1. The maximum Gasteiger partial charge on any atom is 0.339 e. The lowest BCUT2D eigenvalue weighted by Crippen LogP contribution is -2.03. The molecule has 3 heterocycles. The summed E-state index contributed by atoms with van der Waals surface area (Å²) in [6, 6.07) is 14.6. The standard InChI is InChI=1S/C18H11BrN4O2/c19-13-5-1-3-11(9-13)15-7-6-14(18(24)25)17-21-16(22-23(15)17)12-4-2-8-20-10-12/h1-10H,(H,24,25). The topological polar surface area (TPSA) is 80.4 Å². The van der Waals surface area contributed by atoms with Gasteiger partial charge in [-0.05, 0) is 36.4 Å². The number of fused-ring (bicyclic) bond motifs is 1. The number of halogens is 1. The average Bonchev–Trinajstić information content (AvgIpc) is 3.06. The third-order valence-electron chi connectivity index (χ3n) is 3.75. The van der Waals surface area contributed by atoms with E-state index in [9.17, 15) is 9.90 Å². The largest absolute Gasteiger partial charge is 0.478 e. The van der Waals surface area contributed by atoms with E-state index in [-0.39, 0.29) is 5.56 Å². The van der Waals surface area contributed by atoms with Crippen LogP contribution in [0.4, 0.5) is 0 Å². The van der Waals surface area contributed by atoms with E-state index in [0.29, 0.717) is 11.5 Å². The Bertz CT molecular complexity index is 1090. The minimum atomic E-state index is -1.05. The summed E-state index contributed by atoms with van der Waals surface area (Å²) in [6.45, 7) is 0. The fourth-order valence-electron chi connectivity index (χ4n) is 2.61. The number of aromatic carboxylic acids is 1. The highest BCUT2D eigenvalue weighted by Crippen LogP contribution is 2.26. The molecule has 0 spiro atoms. The van der Waals surface area contributed by atoms with Gasteiger partial charge in [0.25, 0.3) is 0 Å². The fourth-order valence-corrected chi connectivity index (χ4v) is 3.01. The number of hydrogen-bond donors (Lipinski definition) is 1. The molecule has 1 aromatic carbocycles. The molecular weight excluding hydrogens is 384 g/mol. The molecule has 6 nitrogen and oxygen atoms in total. The first-order valence-corrected chi connectivity index (χ1v) is 8.22. The molecule has 0 aliphatic carbocycles. The summed E-state index contributed by atoms with van der Waals surface area (Å²) in [4.78, 5) is 20.1. The minimum absolute atomic E-state index is 0.0985. The zero-order valence-corrected chi connectivity index (χ0v) is 14.4. The summed E-state index contributed by atoms with van der Waals surface area (Å²) in [5.74, 6) is -0.617. The zero-order chi connectivity index (χ0) is 17.4. The van der Waals surface area contributed by atoms with Crippen LogP contribution >= 0.6 is 15.9 Å². The molecule has 122 valence electrons. The van der Waals surface area contributed by atoms with E-state index in [1.165, 1.54) is 0 Å². The Morgan fingerprint density at radius 3 is 2.64 bits per heavy atom. The predicted molar refractivity (Wildman–Crippen MR) is 96.3 cm³/mol. The van der Waals surface area contributed by atoms with Gasteiger partial charge < -0.3 is 5.11 Å². The monoisotopic (exact) mass is 394 g/mol. The molecule has 0 radical (unpaired) electrons. The van der Waals surface area contributed by atoms with E-state index in [1.807, 2.05) is 30.3 Å². The van der Waals surface area contributed by atoms with Crippen molar-refractivity contribution in [1.82, 2.24) is 19.6 Å². The normalized spacial score (nSPS) is 10.9. The van der Waals surface area contributed by atoms with Crippen molar-refractivity contribution in [2.24, 2.45) is 0 Å². The summed E-state index contributed by atoms with van der Waals surface area (Å²) in [7, 11) is 0. The second-order valence-electron chi connectivity index (χ2n) is 5.36. The smallest absolute Gasteiger partial charge is 0.339 e. The van der Waals surface area contributed by atoms with Gasteiger partial charge in [0.15, 0.2) is 11.5 Å². The number of rotatable bonds is 3. The Labute approximate surface area is 150 Å². The molecule has 25 heavy (non-hydrogen) atoms. The van der Waals surface area contributed by atoms with Crippen molar-refractivity contribution in [3.8, 4) is 22.6 Å². The average molecular weight is 395 g/mol. The molecule has 0 aliphatic heterocycles. The molecule has 7 heteroatoms. The van der Waals surface area contributed by atoms with Crippen molar-refractivity contribution in [2.75, 3.05) is 0 Å². The minimum Gasteiger partial charge on any atom is -0.478 e. The lowest BCUT2D eigenvalue weighted by molar-refractivity contribution is 0.0698. The fraction of sp³-hybridized carbons (Fsp3) is 0. The maximum atomic E-state index is 11.6. The van der Waals surface area contributed by atoms with Crippen LogP contribution in [-0.4, -0.2) is 30.7 Å². The molecule has 0 saturated heterocycles. The molecule has 0 bridgehead atoms. The van der Waals surface area contributed by atoms with Crippen LogP contribution < -0.4 is 0 Å². The number of hydrogen-bond acceptors (Lipinski definition) is 4. The van der Waals surface area contributed by atoms with Crippen LogP contribution in [-0.2, 0) is 0 Å². The summed E-state index contributed by atoms with van der Waals surface area (Å²) in [6.07, 6.45) is 3.31. The van der Waals surface area contributed by atoms with Gasteiger partial charge in [0.05, 0.1) is 5.69 Å². The van der Waals surface area contributed by atoms with Gasteiger partial charge in [0, 0.05) is 28.0 Å². The predicted octanol–water partition coefficient (Wildman–Crippen LogP) is 3.92. The maximum absolute atomic E-state index is 11.6. The molecule has 0 atom stereocenters. The highest BCUT2D eigenvalue weighted by Gasteiger charge is 2.18. The van der Waals surface area contributed by atoms with Gasteiger partial charge in [-0.15, -0.1) is 5.10 Å². The number of carboxylic acids is 1. The van der Waals surface area contributed by atoms with Gasteiger partial charge in [0.1, 0.15) is 5.56 Å². The van der Waals surface area contributed by atoms with Crippen LogP contribution in [0.15, 0.2) is 65.4 Å². The van der Waals surface area contributed by atoms with Crippen molar-refractivity contribution in [2.45, 2.75) is 0 Å². The SMILES string of the molecule is O=C(O)c1ccc(-c2cccc(Br)c2)n2nc(-c3cccnc3)nc12. The van der Waals surface area contributed by atoms with Crippen LogP contribution in [0.5, 0.6) is 0 Å². The lowest BCUT2D eigenvalue weighted by atomic mass is 10.1. The number of nitrogens with zero attached hydrogens (tertiary/aromatic N) is 4. The van der Waals surface area contributed by atoms with Crippen LogP contribution in [0.3, 0.4) is 0 Å². The van der Waals surface area contributed by atoms with Crippen LogP contribution in [0.1, 0.15) is 10.4 Å². The number of pyridine rings is 2. The van der Waals surface area contributed by atoms with Crippen molar-refractivity contribution < 1.29 is 9.90 Å². The molecule has 3 aromatic heterocycles. The third kappa shape index (κ3) is 2.78. The Kier molecular flexibility index (Phi) is 3.77. The van der Waals surface area contributed by atoms with Gasteiger partial charge in [-0.25, -0.2) is 14.3 Å². The molecular formula is C18H11BrN4O2. The lowest BCUT2D eigenvalue weighted by Gasteiger charge is -2.06. The van der Waals surface area contributed by atoms with E-state index in [1.54, 1.807) is 35.1 Å². The van der Waals surface area contributed by atoms with Gasteiger partial charge in [-0.3, -0.25) is 4.98 Å². The first kappa shape index (κ1) is 15.5. The second-order valence-corrected chi connectivity index (χ2v) is 6.28. The van der Waals surface area contributed by atoms with E-state index in [2.05, 4.69) is 31.0 Å². The molecule has 0 fully saturated rings. The van der Waals surface area contributed by atoms with Crippen molar-refractivity contribution >= 4 is 27.5 Å². The summed E-state index contributed by atoms with van der Waals surface area (Å²) in [5, 5.41) is 14.0. The Morgan fingerprint density at radius 2 is 1.92 bits per heavy atom. The van der Waals surface area contributed by atoms with E-state index >= 15 is 0 Å². The Balaban J connectivity index is 2.01. The van der Waals surface area contributed by atoms with Crippen LogP contribution in [0, 0.1) is 0 Å². The zero-order valence-electron chi connectivity index (χ0n) is 12.8. The van der Waals surface area contributed by atoms with Gasteiger partial charge in [0.2, 0.25) is 0 Å². The molecule has 4 aromatic rings. The van der Waals surface area contributed by atoms with Crippen molar-refractivity contribution in [1.29, 1.82) is 0 Å². The van der Waals surface area contributed by atoms with E-state index in [0.717, 1.165) is 21.3 Å². The number of aromatic nitrogens is 4. The second kappa shape index (κ2) is 6.10. The number of carbonyl (C=O) groups is 1. The summed E-state index contributed by atoms with van der Waals surface area (Å²) >= 11 is 3.46. The third-order valence-corrected chi connectivity index (χ3v) is 4.25. The highest BCUT2D eigenvalue weighted by molar-refractivity contribution is 9.10. The van der Waals surface area contributed by atoms with Crippen molar-refractivity contribution in [3.05, 3.63) is 71.0 Å². The van der Waals surface area contributed by atoms with Crippen molar-refractivity contribution in [3.63, 3.8) is 0 Å². The summed E-state index contributed by atoms with van der Waals surface area (Å²) < 4.78 is 2.49. The van der Waals surface area contributed by atoms with Gasteiger partial charge in [-0.2, -0.15) is 0 Å². The molecule has 4 rings (SSSR count). The first-order chi connectivity index (χ1) is 12.1. The molecule has 0 amide bonds. The van der Waals surface area contributed by atoms with Crippen LogP contribution in [0.25, 0.3) is 28.3 Å². The first-order valence-electron chi connectivity index (χ1n) is 7.43. The quantitative estimate of drug-likeness (QED) is 0.569. The van der Waals surface area contributed by atoms with Gasteiger partial charge >= 0.3 is 5.97 Å². The molecule has 0 saturated carbocycles. The summed E-state index contributed by atoms with van der Waals surface area (Å²) in [5.41, 5.74) is 2.77.